The van der Waals surface area contributed by atoms with E-state index in [2.05, 4.69) is 0 Å². The summed E-state index contributed by atoms with van der Waals surface area (Å²) in [5, 5.41) is 10.5. The summed E-state index contributed by atoms with van der Waals surface area (Å²) in [4.78, 5) is 47.9. The molecule has 1 N–H and O–H groups in total. The number of hydrogen-bond acceptors (Lipinski definition) is 5. The summed E-state index contributed by atoms with van der Waals surface area (Å²) in [7, 11) is 1.74. The molecule has 0 radical (unpaired) electrons. The number of benzene rings is 1. The molecule has 4 aliphatic heterocycles. The first-order chi connectivity index (χ1) is 18.0. The van der Waals surface area contributed by atoms with Crippen molar-refractivity contribution in [2.24, 2.45) is 17.8 Å². The zero-order valence-corrected chi connectivity index (χ0v) is 23.2. The van der Waals surface area contributed by atoms with Gasteiger partial charge in [-0.3, -0.25) is 14.4 Å². The Kier molecular flexibility index (Phi) is 6.55. The molecule has 1 spiro atoms. The van der Waals surface area contributed by atoms with Gasteiger partial charge in [0.1, 0.15) is 11.6 Å². The average Bonchev–Trinajstić information content (AvgIpc) is 3.18. The van der Waals surface area contributed by atoms with Crippen molar-refractivity contribution in [3.05, 3.63) is 53.6 Å². The predicted octanol–water partition coefficient (Wildman–Crippen LogP) is 2.61. The number of likely N-dealkylation sites (tertiary alicyclic amines) is 1. The number of aryl methyl sites for hydroxylation is 2. The second-order valence-electron chi connectivity index (χ2n) is 11.6. The van der Waals surface area contributed by atoms with E-state index >= 15 is 0 Å². The van der Waals surface area contributed by atoms with E-state index in [0.29, 0.717) is 19.5 Å². The van der Waals surface area contributed by atoms with Crippen LogP contribution in [-0.2, 0) is 19.1 Å². The van der Waals surface area contributed by atoms with Gasteiger partial charge in [-0.15, -0.1) is 0 Å². The molecular weight excluding hydrogens is 482 g/mol. The van der Waals surface area contributed by atoms with Crippen LogP contribution in [0.4, 0.5) is 5.69 Å². The first-order valence-corrected chi connectivity index (χ1v) is 13.6. The van der Waals surface area contributed by atoms with Crippen molar-refractivity contribution in [3.63, 3.8) is 0 Å². The van der Waals surface area contributed by atoms with Crippen molar-refractivity contribution >= 4 is 23.4 Å². The maximum atomic E-state index is 14.7. The quantitative estimate of drug-likeness (QED) is 0.602. The Morgan fingerprint density at radius 1 is 1.03 bits per heavy atom. The highest BCUT2D eigenvalue weighted by atomic mass is 16.5. The number of hydrogen-bond donors (Lipinski definition) is 1. The van der Waals surface area contributed by atoms with Crippen molar-refractivity contribution in [1.82, 2.24) is 9.80 Å². The average molecular weight is 522 g/mol. The third-order valence-corrected chi connectivity index (χ3v) is 9.05. The summed E-state index contributed by atoms with van der Waals surface area (Å²) >= 11 is 0. The highest BCUT2D eigenvalue weighted by Crippen LogP contribution is 2.59. The number of anilines is 1. The van der Waals surface area contributed by atoms with Crippen LogP contribution in [0.25, 0.3) is 0 Å². The van der Waals surface area contributed by atoms with Crippen LogP contribution in [0.15, 0.2) is 42.5 Å². The van der Waals surface area contributed by atoms with E-state index in [1.807, 2.05) is 77.1 Å². The van der Waals surface area contributed by atoms with E-state index < -0.39 is 35.1 Å². The van der Waals surface area contributed by atoms with Crippen molar-refractivity contribution in [1.29, 1.82) is 0 Å². The van der Waals surface area contributed by atoms with Gasteiger partial charge in [-0.05, 0) is 43.4 Å². The second kappa shape index (κ2) is 9.35. The molecular formula is C30H39N3O5. The molecule has 8 nitrogen and oxygen atoms in total. The van der Waals surface area contributed by atoms with Crippen molar-refractivity contribution in [2.75, 3.05) is 31.6 Å². The van der Waals surface area contributed by atoms with E-state index in [1.165, 1.54) is 0 Å². The van der Waals surface area contributed by atoms with E-state index in [9.17, 15) is 19.5 Å². The van der Waals surface area contributed by atoms with Crippen LogP contribution in [0.3, 0.4) is 0 Å². The summed E-state index contributed by atoms with van der Waals surface area (Å²) in [6.07, 6.45) is 8.11. The molecule has 0 saturated carbocycles. The number of amides is 3. The minimum absolute atomic E-state index is 0.114. The number of fused-ring (bicyclic) bond motifs is 2. The molecule has 4 aliphatic rings. The van der Waals surface area contributed by atoms with Crippen molar-refractivity contribution in [2.45, 2.75) is 64.3 Å². The third-order valence-electron chi connectivity index (χ3n) is 9.05. The molecule has 1 unspecified atom stereocenters. The molecule has 2 saturated heterocycles. The molecule has 3 amide bonds. The molecule has 0 aromatic heterocycles. The summed E-state index contributed by atoms with van der Waals surface area (Å²) in [6, 6.07) is 4.37. The van der Waals surface area contributed by atoms with Crippen LogP contribution >= 0.6 is 0 Å². The van der Waals surface area contributed by atoms with E-state index in [-0.39, 0.29) is 30.2 Å². The molecule has 1 aromatic rings. The number of likely N-dealkylation sites (N-methyl/N-ethyl adjacent to an activating group) is 1. The van der Waals surface area contributed by atoms with E-state index in [0.717, 1.165) is 16.8 Å². The Balaban J connectivity index is 1.73. The maximum absolute atomic E-state index is 14.7. The molecule has 2 fully saturated rings. The Hall–Kier alpha value is -2.97. The highest BCUT2D eigenvalue weighted by molar-refractivity contribution is 6.06. The molecule has 5 rings (SSSR count). The van der Waals surface area contributed by atoms with Crippen molar-refractivity contribution < 1.29 is 24.2 Å². The molecule has 8 heteroatoms. The topological polar surface area (TPSA) is 90.4 Å². The smallest absolute Gasteiger partial charge is 0.253 e. The van der Waals surface area contributed by atoms with Gasteiger partial charge < -0.3 is 24.5 Å². The van der Waals surface area contributed by atoms with Gasteiger partial charge in [0, 0.05) is 25.8 Å². The summed E-state index contributed by atoms with van der Waals surface area (Å²) in [5.41, 5.74) is 0.424. The SMILES string of the molecule is CC[C@]12C=CCN(C)C(=O)[C@H]1[C@H]1C(=O)N([C@@H](CO)C(C)C)C3C(=O)N(c4cc(C)ccc4C)CC=C[C@@]31O2. The first kappa shape index (κ1) is 26.6. The van der Waals surface area contributed by atoms with E-state index in [4.69, 9.17) is 4.74 Å². The summed E-state index contributed by atoms with van der Waals surface area (Å²) in [5.74, 6) is -2.48. The molecule has 38 heavy (non-hydrogen) atoms. The van der Waals surface area contributed by atoms with Gasteiger partial charge in [0.2, 0.25) is 11.8 Å². The van der Waals surface area contributed by atoms with E-state index in [1.54, 1.807) is 21.7 Å². The van der Waals surface area contributed by atoms with Gasteiger partial charge in [0.05, 0.1) is 30.1 Å². The number of nitrogens with zero attached hydrogens (tertiary/aromatic N) is 3. The largest absolute Gasteiger partial charge is 0.394 e. The zero-order valence-electron chi connectivity index (χ0n) is 23.2. The number of rotatable bonds is 5. The minimum Gasteiger partial charge on any atom is -0.394 e. The third kappa shape index (κ3) is 3.60. The monoisotopic (exact) mass is 521 g/mol. The predicted molar refractivity (Wildman–Crippen MR) is 144 cm³/mol. The van der Waals surface area contributed by atoms with Gasteiger partial charge in [-0.2, -0.15) is 0 Å². The fraction of sp³-hybridized carbons (Fsp3) is 0.567. The fourth-order valence-corrected chi connectivity index (χ4v) is 7.03. The Labute approximate surface area is 224 Å². The number of aliphatic hydroxyl groups is 1. The molecule has 6 atom stereocenters. The lowest BCUT2D eigenvalue weighted by Crippen LogP contribution is -2.60. The number of ether oxygens (including phenoxy) is 1. The van der Waals surface area contributed by atoms with Gasteiger partial charge in [0.25, 0.3) is 5.91 Å². The van der Waals surface area contributed by atoms with Crippen LogP contribution < -0.4 is 4.90 Å². The van der Waals surface area contributed by atoms with Gasteiger partial charge in [-0.1, -0.05) is 57.2 Å². The van der Waals surface area contributed by atoms with Gasteiger partial charge in [-0.25, -0.2) is 0 Å². The van der Waals surface area contributed by atoms with Crippen molar-refractivity contribution in [3.8, 4) is 0 Å². The Bertz CT molecular complexity index is 1220. The standard InChI is InChI=1S/C30H39N3O5/c1-7-29-12-8-14-31(6)26(35)23(29)24-27(36)33(22(17-34)18(2)3)25-28(37)32(15-9-13-30(24,25)38-29)21-16-19(4)10-11-20(21)5/h8-13,16,18,22-25,34H,7,14-15,17H2,1-6H3/t22-,23+,24-,25?,29-,30-/m0/s1. The normalized spacial score (nSPS) is 33.4. The highest BCUT2D eigenvalue weighted by Gasteiger charge is 2.76. The molecule has 0 bridgehead atoms. The molecule has 204 valence electrons. The van der Waals surface area contributed by atoms with Crippen LogP contribution in [-0.4, -0.2) is 82.7 Å². The lowest BCUT2D eigenvalue weighted by atomic mass is 9.73. The lowest BCUT2D eigenvalue weighted by molar-refractivity contribution is -0.153. The number of aliphatic hydroxyl groups excluding tert-OH is 1. The maximum Gasteiger partial charge on any atom is 0.253 e. The molecule has 1 aromatic carbocycles. The Morgan fingerprint density at radius 3 is 2.39 bits per heavy atom. The number of carbonyl (C=O) groups excluding carboxylic acids is 3. The molecule has 4 heterocycles. The first-order valence-electron chi connectivity index (χ1n) is 13.6. The van der Waals surface area contributed by atoms with Crippen LogP contribution in [0, 0.1) is 31.6 Å². The molecule has 0 aliphatic carbocycles. The Morgan fingerprint density at radius 2 is 1.74 bits per heavy atom. The summed E-state index contributed by atoms with van der Waals surface area (Å²) in [6.45, 7) is 10.2. The fourth-order valence-electron chi connectivity index (χ4n) is 7.03. The van der Waals surface area contributed by atoms with Crippen LogP contribution in [0.5, 0.6) is 0 Å². The summed E-state index contributed by atoms with van der Waals surface area (Å²) < 4.78 is 6.97. The lowest BCUT2D eigenvalue weighted by Gasteiger charge is -2.41. The minimum atomic E-state index is -1.33. The number of carbonyl (C=O) groups is 3. The second-order valence-corrected chi connectivity index (χ2v) is 11.6. The van der Waals surface area contributed by atoms with Gasteiger partial charge >= 0.3 is 0 Å². The van der Waals surface area contributed by atoms with Crippen LogP contribution in [0.1, 0.15) is 38.3 Å². The van der Waals surface area contributed by atoms with Crippen LogP contribution in [0.2, 0.25) is 0 Å². The zero-order chi connectivity index (χ0) is 27.6. The van der Waals surface area contributed by atoms with Gasteiger partial charge in [0.15, 0.2) is 0 Å².